The second kappa shape index (κ2) is 5.12. The Morgan fingerprint density at radius 3 is 2.62 bits per heavy atom. The minimum absolute atomic E-state index is 0.193. The molecule has 86 valence electrons. The van der Waals surface area contributed by atoms with E-state index in [2.05, 4.69) is 5.32 Å². The minimum Gasteiger partial charge on any atom is -0.369 e. The van der Waals surface area contributed by atoms with E-state index in [1.165, 1.54) is 12.8 Å². The van der Waals surface area contributed by atoms with Gasteiger partial charge in [-0.3, -0.25) is 4.79 Å². The molecule has 0 bridgehead atoms. The van der Waals surface area contributed by atoms with E-state index in [1.54, 1.807) is 0 Å². The van der Waals surface area contributed by atoms with Gasteiger partial charge in [-0.25, -0.2) is 0 Å². The highest BCUT2D eigenvalue weighted by atomic mass is 16.1. The van der Waals surface area contributed by atoms with Gasteiger partial charge in [0.05, 0.1) is 5.92 Å². The van der Waals surface area contributed by atoms with Crippen molar-refractivity contribution in [1.29, 1.82) is 0 Å². The van der Waals surface area contributed by atoms with Gasteiger partial charge < -0.3 is 11.1 Å². The zero-order valence-electron chi connectivity index (χ0n) is 9.36. The first-order chi connectivity index (χ1) is 7.79. The average Bonchev–Trinajstić information content (AvgIpc) is 2.31. The quantitative estimate of drug-likeness (QED) is 0.805. The highest BCUT2D eigenvalue weighted by Crippen LogP contribution is 2.24. The van der Waals surface area contributed by atoms with Crippen LogP contribution in [0.2, 0.25) is 0 Å². The fourth-order valence-corrected chi connectivity index (χ4v) is 2.42. The van der Waals surface area contributed by atoms with Crippen molar-refractivity contribution in [2.75, 3.05) is 6.54 Å². The summed E-state index contributed by atoms with van der Waals surface area (Å²) in [5, 5.41) is 3.40. The lowest BCUT2D eigenvalue weighted by atomic mass is 9.86. The largest absolute Gasteiger partial charge is 0.369 e. The molecule has 3 nitrogen and oxygen atoms in total. The van der Waals surface area contributed by atoms with Gasteiger partial charge in [-0.15, -0.1) is 0 Å². The highest BCUT2D eigenvalue weighted by Gasteiger charge is 2.28. The van der Waals surface area contributed by atoms with E-state index in [0.717, 1.165) is 18.5 Å². The normalized spacial score (nSPS) is 22.6. The maximum absolute atomic E-state index is 11.6. The molecule has 2 rings (SSSR count). The van der Waals surface area contributed by atoms with Gasteiger partial charge in [0.1, 0.15) is 0 Å². The first kappa shape index (κ1) is 11.1. The smallest absolute Gasteiger partial charge is 0.226 e. The van der Waals surface area contributed by atoms with Crippen molar-refractivity contribution < 1.29 is 4.79 Å². The Hall–Kier alpha value is -1.35. The molecule has 1 fully saturated rings. The first-order valence-electron chi connectivity index (χ1n) is 5.86. The van der Waals surface area contributed by atoms with Gasteiger partial charge >= 0.3 is 0 Å². The van der Waals surface area contributed by atoms with Crippen LogP contribution in [0.25, 0.3) is 0 Å². The topological polar surface area (TPSA) is 55.1 Å². The van der Waals surface area contributed by atoms with Crippen LogP contribution in [0.3, 0.4) is 0 Å². The Balaban J connectivity index is 2.20. The van der Waals surface area contributed by atoms with Gasteiger partial charge in [0.25, 0.3) is 0 Å². The molecule has 2 atom stereocenters. The second-order valence-electron chi connectivity index (χ2n) is 4.35. The molecule has 0 aromatic heterocycles. The molecule has 0 radical (unpaired) electrons. The molecule has 0 aliphatic carbocycles. The SMILES string of the molecule is NC(=O)[C@@H](c1ccccc1)[C@@H]1CCCCN1. The lowest BCUT2D eigenvalue weighted by Gasteiger charge is -2.29. The van der Waals surface area contributed by atoms with Crippen LogP contribution in [0, 0.1) is 0 Å². The van der Waals surface area contributed by atoms with Gasteiger partial charge in [0.2, 0.25) is 5.91 Å². The second-order valence-corrected chi connectivity index (χ2v) is 4.35. The van der Waals surface area contributed by atoms with E-state index in [0.29, 0.717) is 0 Å². The van der Waals surface area contributed by atoms with Crippen molar-refractivity contribution in [3.63, 3.8) is 0 Å². The molecule has 1 amide bonds. The zero-order valence-corrected chi connectivity index (χ0v) is 9.36. The van der Waals surface area contributed by atoms with E-state index < -0.39 is 0 Å². The minimum atomic E-state index is -0.231. The molecule has 0 saturated carbocycles. The molecule has 1 aliphatic rings. The molecule has 1 heterocycles. The summed E-state index contributed by atoms with van der Waals surface area (Å²) in [6.07, 6.45) is 3.40. The van der Waals surface area contributed by atoms with Crippen LogP contribution < -0.4 is 11.1 Å². The molecule has 0 spiro atoms. The Morgan fingerprint density at radius 2 is 2.06 bits per heavy atom. The molecule has 1 saturated heterocycles. The predicted octanol–water partition coefficient (Wildman–Crippen LogP) is 1.40. The lowest BCUT2D eigenvalue weighted by molar-refractivity contribution is -0.120. The predicted molar refractivity (Wildman–Crippen MR) is 64.0 cm³/mol. The Bertz CT molecular complexity index is 344. The molecule has 1 aliphatic heterocycles. The summed E-state index contributed by atoms with van der Waals surface area (Å²) >= 11 is 0. The summed E-state index contributed by atoms with van der Waals surface area (Å²) in [5.41, 5.74) is 6.54. The Kier molecular flexibility index (Phi) is 3.57. The number of piperidine rings is 1. The standard InChI is InChI=1S/C13H18N2O/c14-13(16)12(10-6-2-1-3-7-10)11-8-4-5-9-15-11/h1-3,6-7,11-12,15H,4-5,8-9H2,(H2,14,16)/t11-,12-/m0/s1. The fraction of sp³-hybridized carbons (Fsp3) is 0.462. The number of hydrogen-bond donors (Lipinski definition) is 2. The lowest BCUT2D eigenvalue weighted by Crippen LogP contribution is -2.43. The van der Waals surface area contributed by atoms with Crippen LogP contribution in [-0.4, -0.2) is 18.5 Å². The summed E-state index contributed by atoms with van der Waals surface area (Å²) in [5.74, 6) is -0.424. The molecule has 3 heteroatoms. The van der Waals surface area contributed by atoms with Gasteiger partial charge in [0, 0.05) is 6.04 Å². The fourth-order valence-electron chi connectivity index (χ4n) is 2.42. The van der Waals surface area contributed by atoms with Crippen molar-refractivity contribution in [1.82, 2.24) is 5.32 Å². The van der Waals surface area contributed by atoms with E-state index >= 15 is 0 Å². The third-order valence-electron chi connectivity index (χ3n) is 3.22. The van der Waals surface area contributed by atoms with Crippen molar-refractivity contribution in [3.8, 4) is 0 Å². The average molecular weight is 218 g/mol. The van der Waals surface area contributed by atoms with Crippen LogP contribution in [0.15, 0.2) is 30.3 Å². The Labute approximate surface area is 96.0 Å². The first-order valence-corrected chi connectivity index (χ1v) is 5.86. The summed E-state index contributed by atoms with van der Waals surface area (Å²) in [6, 6.07) is 10.0. The number of rotatable bonds is 3. The van der Waals surface area contributed by atoms with Crippen LogP contribution in [-0.2, 0) is 4.79 Å². The van der Waals surface area contributed by atoms with Crippen LogP contribution in [0.4, 0.5) is 0 Å². The highest BCUT2D eigenvalue weighted by molar-refractivity contribution is 5.82. The van der Waals surface area contributed by atoms with Crippen molar-refractivity contribution >= 4 is 5.91 Å². The molecule has 3 N–H and O–H groups in total. The number of nitrogens with one attached hydrogen (secondary N) is 1. The molecular weight excluding hydrogens is 200 g/mol. The molecule has 1 aromatic rings. The van der Waals surface area contributed by atoms with Gasteiger partial charge in [-0.1, -0.05) is 36.8 Å². The van der Waals surface area contributed by atoms with Crippen LogP contribution in [0.1, 0.15) is 30.7 Å². The van der Waals surface area contributed by atoms with Crippen molar-refractivity contribution in [3.05, 3.63) is 35.9 Å². The number of carbonyl (C=O) groups is 1. The van der Waals surface area contributed by atoms with E-state index in [9.17, 15) is 4.79 Å². The maximum Gasteiger partial charge on any atom is 0.226 e. The molecule has 1 aromatic carbocycles. The Morgan fingerprint density at radius 1 is 1.31 bits per heavy atom. The summed E-state index contributed by atoms with van der Waals surface area (Å²) in [6.45, 7) is 0.987. The number of amides is 1. The summed E-state index contributed by atoms with van der Waals surface area (Å²) in [7, 11) is 0. The summed E-state index contributed by atoms with van der Waals surface area (Å²) < 4.78 is 0. The number of nitrogens with two attached hydrogens (primary N) is 1. The zero-order chi connectivity index (χ0) is 11.4. The maximum atomic E-state index is 11.6. The number of carbonyl (C=O) groups excluding carboxylic acids is 1. The van der Waals surface area contributed by atoms with E-state index in [-0.39, 0.29) is 17.9 Å². The number of benzene rings is 1. The number of hydrogen-bond acceptors (Lipinski definition) is 2. The van der Waals surface area contributed by atoms with E-state index in [4.69, 9.17) is 5.73 Å². The van der Waals surface area contributed by atoms with Crippen molar-refractivity contribution in [2.24, 2.45) is 5.73 Å². The van der Waals surface area contributed by atoms with Gasteiger partial charge in [-0.05, 0) is 24.9 Å². The molecule has 0 unspecified atom stereocenters. The molecular formula is C13H18N2O. The number of primary amides is 1. The van der Waals surface area contributed by atoms with E-state index in [1.807, 2.05) is 30.3 Å². The third kappa shape index (κ3) is 2.42. The monoisotopic (exact) mass is 218 g/mol. The summed E-state index contributed by atoms with van der Waals surface area (Å²) in [4.78, 5) is 11.6. The van der Waals surface area contributed by atoms with Gasteiger partial charge in [0.15, 0.2) is 0 Å². The van der Waals surface area contributed by atoms with Crippen LogP contribution >= 0.6 is 0 Å². The molecule has 16 heavy (non-hydrogen) atoms. The van der Waals surface area contributed by atoms with Gasteiger partial charge in [-0.2, -0.15) is 0 Å². The van der Waals surface area contributed by atoms with Crippen LogP contribution in [0.5, 0.6) is 0 Å². The third-order valence-corrected chi connectivity index (χ3v) is 3.22. The van der Waals surface area contributed by atoms with Crippen molar-refractivity contribution in [2.45, 2.75) is 31.2 Å².